The molecule has 0 aliphatic rings. The Kier molecular flexibility index (Phi) is 6.49. The van der Waals surface area contributed by atoms with E-state index in [0.29, 0.717) is 18.7 Å². The van der Waals surface area contributed by atoms with E-state index < -0.39 is 0 Å². The fourth-order valence-corrected chi connectivity index (χ4v) is 3.23. The first kappa shape index (κ1) is 19.0. The van der Waals surface area contributed by atoms with Crippen LogP contribution >= 0.6 is 11.8 Å². The standard InChI is InChI=1S/C20H22N4O2S/c1-15-19(16(2)26-23-15)14-24-13-18(12-21-24)22-20(25)9-11-27-10-8-17-6-4-3-5-7-17/h3-8,10,12-13H,9,11,14H2,1-2H3,(H,22,25)/b10-8-. The summed E-state index contributed by atoms with van der Waals surface area (Å²) in [5.74, 6) is 1.49. The SMILES string of the molecule is Cc1noc(C)c1Cn1cc(NC(=O)CCS/C=C\c2ccccc2)cn1. The lowest BCUT2D eigenvalue weighted by Crippen LogP contribution is -2.11. The second kappa shape index (κ2) is 9.23. The molecule has 0 bridgehead atoms. The lowest BCUT2D eigenvalue weighted by molar-refractivity contribution is -0.115. The van der Waals surface area contributed by atoms with Crippen LogP contribution in [0.15, 0.2) is 52.7 Å². The van der Waals surface area contributed by atoms with Gasteiger partial charge >= 0.3 is 0 Å². The minimum Gasteiger partial charge on any atom is -0.361 e. The topological polar surface area (TPSA) is 73.0 Å². The van der Waals surface area contributed by atoms with Gasteiger partial charge in [0.2, 0.25) is 5.91 Å². The second-order valence-electron chi connectivity index (χ2n) is 6.11. The molecule has 140 valence electrons. The molecule has 2 aromatic heterocycles. The zero-order chi connectivity index (χ0) is 19.1. The Morgan fingerprint density at radius 2 is 2.11 bits per heavy atom. The van der Waals surface area contributed by atoms with E-state index in [1.807, 2.05) is 61.9 Å². The summed E-state index contributed by atoms with van der Waals surface area (Å²) in [6, 6.07) is 10.1. The number of anilines is 1. The summed E-state index contributed by atoms with van der Waals surface area (Å²) in [6.45, 7) is 4.35. The van der Waals surface area contributed by atoms with Crippen LogP contribution in [0.1, 0.15) is 29.0 Å². The maximum atomic E-state index is 12.1. The number of nitrogens with zero attached hydrogens (tertiary/aromatic N) is 3. The first-order valence-corrected chi connectivity index (χ1v) is 9.74. The number of aromatic nitrogens is 3. The number of carbonyl (C=O) groups excluding carboxylic acids is 1. The fourth-order valence-electron chi connectivity index (χ4n) is 2.54. The van der Waals surface area contributed by atoms with Gasteiger partial charge in [-0.25, -0.2) is 0 Å². The Morgan fingerprint density at radius 3 is 2.85 bits per heavy atom. The average Bonchev–Trinajstić information content (AvgIpc) is 3.23. The molecule has 0 fully saturated rings. The number of amides is 1. The maximum Gasteiger partial charge on any atom is 0.225 e. The number of rotatable bonds is 8. The van der Waals surface area contributed by atoms with Gasteiger partial charge in [-0.3, -0.25) is 9.48 Å². The van der Waals surface area contributed by atoms with Gasteiger partial charge in [0.15, 0.2) is 0 Å². The molecule has 1 aromatic carbocycles. The molecule has 0 radical (unpaired) electrons. The van der Waals surface area contributed by atoms with Crippen LogP contribution in [-0.2, 0) is 11.3 Å². The zero-order valence-corrected chi connectivity index (χ0v) is 16.2. The normalized spacial score (nSPS) is 11.2. The van der Waals surface area contributed by atoms with Crippen molar-refractivity contribution in [1.82, 2.24) is 14.9 Å². The monoisotopic (exact) mass is 382 g/mol. The quantitative estimate of drug-likeness (QED) is 0.589. The van der Waals surface area contributed by atoms with Crippen LogP contribution in [0, 0.1) is 13.8 Å². The van der Waals surface area contributed by atoms with Gasteiger partial charge < -0.3 is 9.84 Å². The molecule has 0 saturated heterocycles. The van der Waals surface area contributed by atoms with E-state index in [1.54, 1.807) is 22.6 Å². The fraction of sp³-hybridized carbons (Fsp3) is 0.250. The van der Waals surface area contributed by atoms with Gasteiger partial charge in [-0.2, -0.15) is 5.10 Å². The van der Waals surface area contributed by atoms with Crippen LogP contribution < -0.4 is 5.32 Å². The molecule has 0 saturated carbocycles. The molecule has 0 aliphatic heterocycles. The second-order valence-corrected chi connectivity index (χ2v) is 7.13. The predicted molar refractivity (Wildman–Crippen MR) is 108 cm³/mol. The number of hydrogen-bond donors (Lipinski definition) is 1. The van der Waals surface area contributed by atoms with E-state index in [-0.39, 0.29) is 5.91 Å². The van der Waals surface area contributed by atoms with E-state index in [0.717, 1.165) is 28.3 Å². The van der Waals surface area contributed by atoms with Crippen molar-refractivity contribution in [2.45, 2.75) is 26.8 Å². The summed E-state index contributed by atoms with van der Waals surface area (Å²) in [6.07, 6.45) is 5.95. The average molecular weight is 382 g/mol. The van der Waals surface area contributed by atoms with E-state index in [4.69, 9.17) is 4.52 Å². The molecule has 1 amide bonds. The molecule has 0 spiro atoms. The van der Waals surface area contributed by atoms with Gasteiger partial charge in [-0.15, -0.1) is 11.8 Å². The van der Waals surface area contributed by atoms with Gasteiger partial charge in [0.25, 0.3) is 0 Å². The molecule has 7 heteroatoms. The Hall–Kier alpha value is -2.80. The third kappa shape index (κ3) is 5.59. The number of benzene rings is 1. The van der Waals surface area contributed by atoms with Gasteiger partial charge in [0.05, 0.1) is 24.1 Å². The van der Waals surface area contributed by atoms with E-state index in [9.17, 15) is 4.79 Å². The van der Waals surface area contributed by atoms with Crippen molar-refractivity contribution in [1.29, 1.82) is 0 Å². The zero-order valence-electron chi connectivity index (χ0n) is 15.4. The molecule has 3 aromatic rings. The Bertz CT molecular complexity index is 896. The lowest BCUT2D eigenvalue weighted by atomic mass is 10.2. The van der Waals surface area contributed by atoms with Crippen LogP contribution in [0.3, 0.4) is 0 Å². The molecule has 1 N–H and O–H groups in total. The maximum absolute atomic E-state index is 12.1. The van der Waals surface area contributed by atoms with Crippen LogP contribution in [0.25, 0.3) is 6.08 Å². The third-order valence-corrected chi connectivity index (χ3v) is 4.79. The van der Waals surface area contributed by atoms with Gasteiger partial charge in [-0.1, -0.05) is 35.5 Å². The van der Waals surface area contributed by atoms with Crippen molar-refractivity contribution in [3.63, 3.8) is 0 Å². The highest BCUT2D eigenvalue weighted by Crippen LogP contribution is 2.15. The number of nitrogens with one attached hydrogen (secondary N) is 1. The van der Waals surface area contributed by atoms with Crippen molar-refractivity contribution < 1.29 is 9.32 Å². The summed E-state index contributed by atoms with van der Waals surface area (Å²) >= 11 is 1.62. The van der Waals surface area contributed by atoms with Crippen LogP contribution in [0.5, 0.6) is 0 Å². The minimum absolute atomic E-state index is 0.0208. The van der Waals surface area contributed by atoms with E-state index in [2.05, 4.69) is 15.6 Å². The first-order chi connectivity index (χ1) is 13.1. The summed E-state index contributed by atoms with van der Waals surface area (Å²) < 4.78 is 6.93. The van der Waals surface area contributed by atoms with Gasteiger partial charge in [-0.05, 0) is 30.9 Å². The molecule has 27 heavy (non-hydrogen) atoms. The van der Waals surface area contributed by atoms with Gasteiger partial charge in [0, 0.05) is 23.9 Å². The molecular formula is C20H22N4O2S. The van der Waals surface area contributed by atoms with E-state index in [1.165, 1.54) is 0 Å². The first-order valence-electron chi connectivity index (χ1n) is 8.69. The van der Waals surface area contributed by atoms with Crippen molar-refractivity contribution >= 4 is 29.4 Å². The minimum atomic E-state index is -0.0208. The smallest absolute Gasteiger partial charge is 0.225 e. The molecule has 0 unspecified atom stereocenters. The third-order valence-electron chi connectivity index (χ3n) is 4.02. The van der Waals surface area contributed by atoms with E-state index >= 15 is 0 Å². The summed E-state index contributed by atoms with van der Waals surface area (Å²) in [5.41, 5.74) is 3.71. The van der Waals surface area contributed by atoms with Crippen molar-refractivity contribution in [2.24, 2.45) is 0 Å². The Morgan fingerprint density at radius 1 is 1.30 bits per heavy atom. The highest BCUT2D eigenvalue weighted by molar-refractivity contribution is 8.02. The number of hydrogen-bond acceptors (Lipinski definition) is 5. The molecular weight excluding hydrogens is 360 g/mol. The summed E-state index contributed by atoms with van der Waals surface area (Å²) in [7, 11) is 0. The summed E-state index contributed by atoms with van der Waals surface area (Å²) in [4.78, 5) is 12.1. The Balaban J connectivity index is 1.42. The van der Waals surface area contributed by atoms with Crippen LogP contribution in [0.4, 0.5) is 5.69 Å². The largest absolute Gasteiger partial charge is 0.361 e. The molecule has 2 heterocycles. The lowest BCUT2D eigenvalue weighted by Gasteiger charge is -2.02. The molecule has 0 atom stereocenters. The van der Waals surface area contributed by atoms with Gasteiger partial charge in [0.1, 0.15) is 5.76 Å². The number of thioether (sulfide) groups is 1. The van der Waals surface area contributed by atoms with Crippen LogP contribution in [-0.4, -0.2) is 26.6 Å². The summed E-state index contributed by atoms with van der Waals surface area (Å²) in [5, 5.41) is 13.1. The Labute approximate surface area is 162 Å². The highest BCUT2D eigenvalue weighted by atomic mass is 32.2. The highest BCUT2D eigenvalue weighted by Gasteiger charge is 2.11. The molecule has 0 aliphatic carbocycles. The molecule has 3 rings (SSSR count). The van der Waals surface area contributed by atoms with Crippen molar-refractivity contribution in [2.75, 3.05) is 11.1 Å². The van der Waals surface area contributed by atoms with Crippen LogP contribution in [0.2, 0.25) is 0 Å². The molecule has 6 nitrogen and oxygen atoms in total. The van der Waals surface area contributed by atoms with Crippen molar-refractivity contribution in [3.05, 3.63) is 70.7 Å². The van der Waals surface area contributed by atoms with Crippen molar-refractivity contribution in [3.8, 4) is 0 Å². The number of carbonyl (C=O) groups is 1. The number of aryl methyl sites for hydroxylation is 2. The predicted octanol–water partition coefficient (Wildman–Crippen LogP) is 4.27.